The molecule has 1 rings (SSSR count). The Morgan fingerprint density at radius 2 is 1.94 bits per heavy atom. The molecule has 0 saturated carbocycles. The first kappa shape index (κ1) is 14.6. The first-order valence-electron chi connectivity index (χ1n) is 5.44. The molecule has 6 heteroatoms. The molecular weight excluding hydrogens is 258 g/mol. The van der Waals surface area contributed by atoms with Gasteiger partial charge in [-0.3, -0.25) is 4.79 Å². The number of aliphatic hydroxyl groups excluding tert-OH is 1. The van der Waals surface area contributed by atoms with Gasteiger partial charge < -0.3 is 19.9 Å². The number of amides is 1. The standard InChI is InChI=1S/C12H16ClNO4/c1-17-10-6-8(13)9(7-11(10)18-2)14-12(16)4-3-5-15/h6-7,15H,3-5H2,1-2H3,(H,14,16). The number of aliphatic hydroxyl groups is 1. The highest BCUT2D eigenvalue weighted by Gasteiger charge is 2.11. The molecule has 0 fully saturated rings. The van der Waals surface area contributed by atoms with Gasteiger partial charge in [0.25, 0.3) is 0 Å². The normalized spacial score (nSPS) is 10.0. The molecule has 100 valence electrons. The number of carbonyl (C=O) groups excluding carboxylic acids is 1. The molecule has 0 aliphatic rings. The van der Waals surface area contributed by atoms with Gasteiger partial charge in [-0.15, -0.1) is 0 Å². The van der Waals surface area contributed by atoms with E-state index < -0.39 is 0 Å². The van der Waals surface area contributed by atoms with E-state index in [1.165, 1.54) is 14.2 Å². The molecule has 0 atom stereocenters. The Bertz CT molecular complexity index is 423. The molecule has 0 saturated heterocycles. The molecule has 18 heavy (non-hydrogen) atoms. The molecule has 0 bridgehead atoms. The third-order valence-corrected chi connectivity index (χ3v) is 2.62. The fourth-order valence-electron chi connectivity index (χ4n) is 1.40. The van der Waals surface area contributed by atoms with Gasteiger partial charge >= 0.3 is 0 Å². The summed E-state index contributed by atoms with van der Waals surface area (Å²) in [5.74, 6) is 0.772. The van der Waals surface area contributed by atoms with Crippen molar-refractivity contribution in [2.45, 2.75) is 12.8 Å². The Hall–Kier alpha value is -1.46. The third kappa shape index (κ3) is 3.78. The quantitative estimate of drug-likeness (QED) is 0.833. The number of carbonyl (C=O) groups is 1. The van der Waals surface area contributed by atoms with Crippen molar-refractivity contribution in [3.63, 3.8) is 0 Å². The van der Waals surface area contributed by atoms with Crippen LogP contribution in [0.5, 0.6) is 11.5 Å². The Morgan fingerprint density at radius 1 is 1.33 bits per heavy atom. The smallest absolute Gasteiger partial charge is 0.224 e. The number of hydrogen-bond acceptors (Lipinski definition) is 4. The number of methoxy groups -OCH3 is 2. The molecule has 0 heterocycles. The SMILES string of the molecule is COc1cc(Cl)c(NC(=O)CCCO)cc1OC. The topological polar surface area (TPSA) is 67.8 Å². The molecule has 0 radical (unpaired) electrons. The van der Waals surface area contributed by atoms with Crippen LogP contribution in [0.25, 0.3) is 0 Å². The lowest BCUT2D eigenvalue weighted by Crippen LogP contribution is -2.12. The fraction of sp³-hybridized carbons (Fsp3) is 0.417. The van der Waals surface area contributed by atoms with Gasteiger partial charge in [0, 0.05) is 25.2 Å². The monoisotopic (exact) mass is 273 g/mol. The van der Waals surface area contributed by atoms with Gasteiger partial charge in [-0.05, 0) is 6.42 Å². The van der Waals surface area contributed by atoms with Crippen LogP contribution in [-0.4, -0.2) is 31.8 Å². The predicted molar refractivity (Wildman–Crippen MR) is 69.5 cm³/mol. The minimum atomic E-state index is -0.210. The van der Waals surface area contributed by atoms with Crippen LogP contribution in [0.15, 0.2) is 12.1 Å². The average Bonchev–Trinajstić information content (AvgIpc) is 2.38. The van der Waals surface area contributed by atoms with Crippen molar-refractivity contribution in [2.24, 2.45) is 0 Å². The molecule has 1 aromatic carbocycles. The Morgan fingerprint density at radius 3 is 2.50 bits per heavy atom. The second-order valence-electron chi connectivity index (χ2n) is 3.56. The number of ether oxygens (including phenoxy) is 2. The molecule has 2 N–H and O–H groups in total. The molecule has 1 amide bonds. The van der Waals surface area contributed by atoms with Crippen LogP contribution < -0.4 is 14.8 Å². The third-order valence-electron chi connectivity index (χ3n) is 2.31. The van der Waals surface area contributed by atoms with Gasteiger partial charge in [-0.2, -0.15) is 0 Å². The van der Waals surface area contributed by atoms with Crippen molar-refractivity contribution in [1.29, 1.82) is 0 Å². The zero-order valence-electron chi connectivity index (χ0n) is 10.3. The number of nitrogens with one attached hydrogen (secondary N) is 1. The Kier molecular flexibility index (Phi) is 5.74. The molecule has 0 aliphatic carbocycles. The van der Waals surface area contributed by atoms with Crippen LogP contribution in [0.3, 0.4) is 0 Å². The zero-order chi connectivity index (χ0) is 13.5. The van der Waals surface area contributed by atoms with Gasteiger partial charge in [0.2, 0.25) is 5.91 Å². The van der Waals surface area contributed by atoms with E-state index in [4.69, 9.17) is 26.2 Å². The highest BCUT2D eigenvalue weighted by atomic mass is 35.5. The summed E-state index contributed by atoms with van der Waals surface area (Å²) in [6.07, 6.45) is 0.651. The average molecular weight is 274 g/mol. The van der Waals surface area contributed by atoms with Crippen LogP contribution in [0, 0.1) is 0 Å². The van der Waals surface area contributed by atoms with Crippen molar-refractivity contribution in [3.8, 4) is 11.5 Å². The minimum absolute atomic E-state index is 0.0207. The van der Waals surface area contributed by atoms with E-state index in [1.54, 1.807) is 12.1 Å². The summed E-state index contributed by atoms with van der Waals surface area (Å²) in [6.45, 7) is -0.0207. The summed E-state index contributed by atoms with van der Waals surface area (Å²) < 4.78 is 10.2. The number of benzene rings is 1. The molecule has 1 aromatic rings. The first-order valence-corrected chi connectivity index (χ1v) is 5.82. The van der Waals surface area contributed by atoms with E-state index in [2.05, 4.69) is 5.32 Å². The summed E-state index contributed by atoms with van der Waals surface area (Å²) in [5, 5.41) is 11.7. The summed E-state index contributed by atoms with van der Waals surface area (Å²) in [6, 6.07) is 3.17. The first-order chi connectivity index (χ1) is 8.62. The lowest BCUT2D eigenvalue weighted by Gasteiger charge is -2.12. The van der Waals surface area contributed by atoms with E-state index in [0.717, 1.165) is 0 Å². The van der Waals surface area contributed by atoms with Crippen LogP contribution in [0.2, 0.25) is 5.02 Å². The lowest BCUT2D eigenvalue weighted by atomic mass is 10.2. The second-order valence-corrected chi connectivity index (χ2v) is 3.97. The van der Waals surface area contributed by atoms with Gasteiger partial charge in [-0.1, -0.05) is 11.6 Å². The van der Waals surface area contributed by atoms with Crippen LogP contribution >= 0.6 is 11.6 Å². The molecular formula is C12H16ClNO4. The van der Waals surface area contributed by atoms with Crippen molar-refractivity contribution in [2.75, 3.05) is 26.1 Å². The highest BCUT2D eigenvalue weighted by molar-refractivity contribution is 6.34. The van der Waals surface area contributed by atoms with Crippen LogP contribution in [0.4, 0.5) is 5.69 Å². The summed E-state index contributed by atoms with van der Waals surface area (Å²) in [4.78, 5) is 11.5. The fourth-order valence-corrected chi connectivity index (χ4v) is 1.60. The largest absolute Gasteiger partial charge is 0.493 e. The van der Waals surface area contributed by atoms with Crippen molar-refractivity contribution in [3.05, 3.63) is 17.2 Å². The van der Waals surface area contributed by atoms with Gasteiger partial charge in [0.15, 0.2) is 11.5 Å². The second kappa shape index (κ2) is 7.08. The number of rotatable bonds is 6. The van der Waals surface area contributed by atoms with Crippen molar-refractivity contribution >= 4 is 23.2 Å². The summed E-state index contributed by atoms with van der Waals surface area (Å²) in [7, 11) is 3.01. The van der Waals surface area contributed by atoms with E-state index in [0.29, 0.717) is 28.6 Å². The molecule has 0 unspecified atom stereocenters. The van der Waals surface area contributed by atoms with Gasteiger partial charge in [0.1, 0.15) is 0 Å². The number of anilines is 1. The molecule has 5 nitrogen and oxygen atoms in total. The molecule has 0 aromatic heterocycles. The maximum Gasteiger partial charge on any atom is 0.224 e. The van der Waals surface area contributed by atoms with Crippen LogP contribution in [0.1, 0.15) is 12.8 Å². The predicted octanol–water partition coefficient (Wildman–Crippen LogP) is 2.07. The lowest BCUT2D eigenvalue weighted by molar-refractivity contribution is -0.116. The maximum atomic E-state index is 11.5. The molecule has 0 spiro atoms. The van der Waals surface area contributed by atoms with Crippen molar-refractivity contribution in [1.82, 2.24) is 0 Å². The van der Waals surface area contributed by atoms with E-state index in [-0.39, 0.29) is 18.9 Å². The van der Waals surface area contributed by atoms with Gasteiger partial charge in [0.05, 0.1) is 24.9 Å². The minimum Gasteiger partial charge on any atom is -0.493 e. The zero-order valence-corrected chi connectivity index (χ0v) is 11.1. The van der Waals surface area contributed by atoms with E-state index >= 15 is 0 Å². The van der Waals surface area contributed by atoms with Crippen molar-refractivity contribution < 1.29 is 19.4 Å². The van der Waals surface area contributed by atoms with Gasteiger partial charge in [-0.25, -0.2) is 0 Å². The highest BCUT2D eigenvalue weighted by Crippen LogP contribution is 2.36. The van der Waals surface area contributed by atoms with E-state index in [1.807, 2.05) is 0 Å². The van der Waals surface area contributed by atoms with Crippen LogP contribution in [-0.2, 0) is 4.79 Å². The summed E-state index contributed by atoms with van der Waals surface area (Å²) >= 11 is 6.02. The number of hydrogen-bond donors (Lipinski definition) is 2. The summed E-state index contributed by atoms with van der Waals surface area (Å²) in [5.41, 5.74) is 0.456. The number of halogens is 1. The van der Waals surface area contributed by atoms with E-state index in [9.17, 15) is 4.79 Å². The molecule has 0 aliphatic heterocycles. The Balaban J connectivity index is 2.85. The maximum absolute atomic E-state index is 11.5. The Labute approximate surface area is 111 Å².